The first-order chi connectivity index (χ1) is 11.3. The second kappa shape index (κ2) is 6.64. The van der Waals surface area contributed by atoms with Crippen LogP contribution in [0.15, 0.2) is 10.6 Å². The number of aryl methyl sites for hydroxylation is 2. The van der Waals surface area contributed by atoms with Gasteiger partial charge in [0.15, 0.2) is 0 Å². The van der Waals surface area contributed by atoms with Gasteiger partial charge in [-0.25, -0.2) is 9.67 Å². The molecule has 24 heavy (non-hydrogen) atoms. The number of hydrogen-bond acceptors (Lipinski definition) is 6. The van der Waals surface area contributed by atoms with Crippen molar-refractivity contribution in [2.24, 2.45) is 0 Å². The lowest BCUT2D eigenvalue weighted by Crippen LogP contribution is -2.39. The Morgan fingerprint density at radius 3 is 2.71 bits per heavy atom. The summed E-state index contributed by atoms with van der Waals surface area (Å²) in [6.45, 7) is 7.96. The standard InChI is InChI=1S/C17H27N5O2/c1-11-12(2)24-16(19-11)9-18-13-7-5-6-8-14(13)22-10-15(20-21-22)17(3,4)23/h10,13-14,18,23H,5-9H2,1-4H3/t13-,14+/m0/s1. The summed E-state index contributed by atoms with van der Waals surface area (Å²) in [5.74, 6) is 1.60. The fourth-order valence-corrected chi connectivity index (χ4v) is 3.22. The molecule has 0 aliphatic heterocycles. The van der Waals surface area contributed by atoms with E-state index in [0.717, 1.165) is 30.2 Å². The molecule has 7 heteroatoms. The first kappa shape index (κ1) is 17.1. The summed E-state index contributed by atoms with van der Waals surface area (Å²) in [5, 5.41) is 22.1. The summed E-state index contributed by atoms with van der Waals surface area (Å²) in [5.41, 5.74) is 0.576. The van der Waals surface area contributed by atoms with Crippen LogP contribution in [-0.2, 0) is 12.1 Å². The van der Waals surface area contributed by atoms with Crippen molar-refractivity contribution in [1.29, 1.82) is 0 Å². The first-order valence-corrected chi connectivity index (χ1v) is 8.65. The van der Waals surface area contributed by atoms with E-state index in [4.69, 9.17) is 4.42 Å². The van der Waals surface area contributed by atoms with Crippen LogP contribution < -0.4 is 5.32 Å². The summed E-state index contributed by atoms with van der Waals surface area (Å²) in [6.07, 6.45) is 6.38. The predicted molar refractivity (Wildman–Crippen MR) is 89.4 cm³/mol. The Balaban J connectivity index is 1.70. The summed E-state index contributed by atoms with van der Waals surface area (Å²) < 4.78 is 7.55. The van der Waals surface area contributed by atoms with Crippen LogP contribution in [0.3, 0.4) is 0 Å². The average molecular weight is 333 g/mol. The number of hydrogen-bond donors (Lipinski definition) is 2. The van der Waals surface area contributed by atoms with Gasteiger partial charge in [0.2, 0.25) is 5.89 Å². The van der Waals surface area contributed by atoms with Gasteiger partial charge in [0, 0.05) is 6.04 Å². The lowest BCUT2D eigenvalue weighted by Gasteiger charge is -2.31. The van der Waals surface area contributed by atoms with Gasteiger partial charge >= 0.3 is 0 Å². The molecule has 2 aromatic heterocycles. The van der Waals surface area contributed by atoms with Gasteiger partial charge in [0.25, 0.3) is 0 Å². The van der Waals surface area contributed by atoms with Crippen molar-refractivity contribution in [3.63, 3.8) is 0 Å². The monoisotopic (exact) mass is 333 g/mol. The van der Waals surface area contributed by atoms with Gasteiger partial charge in [-0.15, -0.1) is 5.10 Å². The van der Waals surface area contributed by atoms with Crippen LogP contribution in [0.5, 0.6) is 0 Å². The maximum atomic E-state index is 10.1. The Hall–Kier alpha value is -1.73. The fourth-order valence-electron chi connectivity index (χ4n) is 3.22. The minimum absolute atomic E-state index is 0.236. The van der Waals surface area contributed by atoms with Crippen molar-refractivity contribution in [3.8, 4) is 0 Å². The summed E-state index contributed by atoms with van der Waals surface area (Å²) >= 11 is 0. The summed E-state index contributed by atoms with van der Waals surface area (Å²) in [7, 11) is 0. The van der Waals surface area contributed by atoms with E-state index in [0.29, 0.717) is 18.3 Å². The van der Waals surface area contributed by atoms with Crippen LogP contribution >= 0.6 is 0 Å². The van der Waals surface area contributed by atoms with Gasteiger partial charge in [-0.05, 0) is 40.5 Å². The van der Waals surface area contributed by atoms with Crippen LogP contribution in [0.25, 0.3) is 0 Å². The highest BCUT2D eigenvalue weighted by Crippen LogP contribution is 2.29. The Morgan fingerprint density at radius 1 is 1.33 bits per heavy atom. The molecule has 2 heterocycles. The molecule has 0 spiro atoms. The number of rotatable bonds is 5. The smallest absolute Gasteiger partial charge is 0.208 e. The molecule has 7 nitrogen and oxygen atoms in total. The molecule has 3 rings (SSSR count). The quantitative estimate of drug-likeness (QED) is 0.873. The Kier molecular flexibility index (Phi) is 4.73. The molecule has 1 fully saturated rings. The van der Waals surface area contributed by atoms with Crippen molar-refractivity contribution >= 4 is 0 Å². The maximum Gasteiger partial charge on any atom is 0.208 e. The minimum atomic E-state index is -0.969. The Morgan fingerprint density at radius 2 is 2.08 bits per heavy atom. The van der Waals surface area contributed by atoms with Gasteiger partial charge in [0.1, 0.15) is 17.1 Å². The largest absolute Gasteiger partial charge is 0.444 e. The number of aromatic nitrogens is 4. The van der Waals surface area contributed by atoms with Gasteiger partial charge < -0.3 is 14.8 Å². The molecule has 0 unspecified atom stereocenters. The lowest BCUT2D eigenvalue weighted by molar-refractivity contribution is 0.0736. The van der Waals surface area contributed by atoms with Crippen LogP contribution in [0, 0.1) is 13.8 Å². The zero-order valence-corrected chi connectivity index (χ0v) is 14.9. The summed E-state index contributed by atoms with van der Waals surface area (Å²) in [4.78, 5) is 4.43. The second-order valence-corrected chi connectivity index (χ2v) is 7.23. The predicted octanol–water partition coefficient (Wildman–Crippen LogP) is 2.38. The molecular formula is C17H27N5O2. The summed E-state index contributed by atoms with van der Waals surface area (Å²) in [6, 6.07) is 0.530. The third-order valence-electron chi connectivity index (χ3n) is 4.79. The highest BCUT2D eigenvalue weighted by molar-refractivity contribution is 5.06. The highest BCUT2D eigenvalue weighted by atomic mass is 16.4. The van der Waals surface area contributed by atoms with Crippen LogP contribution in [0.1, 0.15) is 68.6 Å². The number of oxazole rings is 1. The maximum absolute atomic E-state index is 10.1. The van der Waals surface area contributed by atoms with E-state index < -0.39 is 5.60 Å². The normalized spacial score (nSPS) is 22.0. The second-order valence-electron chi connectivity index (χ2n) is 7.23. The third-order valence-corrected chi connectivity index (χ3v) is 4.79. The van der Waals surface area contributed by atoms with E-state index in [-0.39, 0.29) is 6.04 Å². The van der Waals surface area contributed by atoms with Gasteiger partial charge in [-0.3, -0.25) is 0 Å². The molecule has 0 amide bonds. The SMILES string of the molecule is Cc1nc(CN[C@H]2CCCC[C@H]2n2cc(C(C)(C)O)nn2)oc1C. The van der Waals surface area contributed by atoms with E-state index in [9.17, 15) is 5.11 Å². The number of nitrogens with zero attached hydrogens (tertiary/aromatic N) is 4. The average Bonchev–Trinajstić information content (AvgIpc) is 3.13. The number of aliphatic hydroxyl groups is 1. The molecule has 2 atom stereocenters. The van der Waals surface area contributed by atoms with E-state index in [1.807, 2.05) is 24.7 Å². The van der Waals surface area contributed by atoms with Crippen molar-refractivity contribution < 1.29 is 9.52 Å². The minimum Gasteiger partial charge on any atom is -0.444 e. The molecule has 132 valence electrons. The molecule has 2 N–H and O–H groups in total. The van der Waals surface area contributed by atoms with Crippen molar-refractivity contribution in [3.05, 3.63) is 29.2 Å². The Labute approximate surface area is 142 Å². The molecule has 0 saturated heterocycles. The molecule has 0 bridgehead atoms. The van der Waals surface area contributed by atoms with Crippen LogP contribution in [0.2, 0.25) is 0 Å². The molecule has 0 aromatic carbocycles. The van der Waals surface area contributed by atoms with Crippen LogP contribution in [-0.4, -0.2) is 31.1 Å². The topological polar surface area (TPSA) is 89.0 Å². The Bertz CT molecular complexity index is 666. The van der Waals surface area contributed by atoms with Crippen molar-refractivity contribution in [2.75, 3.05) is 0 Å². The molecule has 1 aliphatic rings. The van der Waals surface area contributed by atoms with E-state index in [1.165, 1.54) is 12.8 Å². The van der Waals surface area contributed by atoms with E-state index in [2.05, 4.69) is 20.6 Å². The van der Waals surface area contributed by atoms with Gasteiger partial charge in [-0.2, -0.15) is 0 Å². The highest BCUT2D eigenvalue weighted by Gasteiger charge is 2.29. The van der Waals surface area contributed by atoms with Crippen molar-refractivity contribution in [2.45, 2.75) is 77.6 Å². The van der Waals surface area contributed by atoms with Gasteiger partial charge in [0.05, 0.1) is 24.5 Å². The third kappa shape index (κ3) is 3.67. The molecule has 1 saturated carbocycles. The number of nitrogens with one attached hydrogen (secondary N) is 1. The zero-order valence-electron chi connectivity index (χ0n) is 14.9. The molecule has 2 aromatic rings. The van der Waals surface area contributed by atoms with Crippen LogP contribution in [0.4, 0.5) is 0 Å². The van der Waals surface area contributed by atoms with E-state index in [1.54, 1.807) is 13.8 Å². The van der Waals surface area contributed by atoms with Gasteiger partial charge in [-0.1, -0.05) is 18.1 Å². The van der Waals surface area contributed by atoms with Crippen molar-refractivity contribution in [1.82, 2.24) is 25.3 Å². The molecule has 1 aliphatic carbocycles. The van der Waals surface area contributed by atoms with E-state index >= 15 is 0 Å². The zero-order chi connectivity index (χ0) is 17.3. The molecular weight excluding hydrogens is 306 g/mol. The molecule has 0 radical (unpaired) electrons. The fraction of sp³-hybridized carbons (Fsp3) is 0.706. The first-order valence-electron chi connectivity index (χ1n) is 8.65. The lowest BCUT2D eigenvalue weighted by atomic mass is 9.90.